The maximum absolute atomic E-state index is 12.3. The molecule has 1 N–H and O–H groups in total. The topological polar surface area (TPSA) is 69.7 Å². The van der Waals surface area contributed by atoms with Crippen LogP contribution in [0.5, 0.6) is 0 Å². The van der Waals surface area contributed by atoms with Gasteiger partial charge in [-0.25, -0.2) is 12.7 Å². The van der Waals surface area contributed by atoms with Gasteiger partial charge in [0.1, 0.15) is 10.9 Å². The standard InChI is InChI=1S/C13H19N3O3S/c1-15(2)20(18,19)12-7-5-4-6-10(12)14-11-8-9-16(3)13(11)17/h4-7,11,14H,8-9H2,1-3H3. The lowest BCUT2D eigenvalue weighted by molar-refractivity contribution is -0.127. The molecule has 0 bridgehead atoms. The number of nitrogens with one attached hydrogen (secondary N) is 1. The fourth-order valence-electron chi connectivity index (χ4n) is 2.15. The first-order chi connectivity index (χ1) is 9.34. The number of hydrogen-bond acceptors (Lipinski definition) is 4. The number of amides is 1. The van der Waals surface area contributed by atoms with Gasteiger partial charge in [0.2, 0.25) is 15.9 Å². The fourth-order valence-corrected chi connectivity index (χ4v) is 3.20. The van der Waals surface area contributed by atoms with Crippen molar-refractivity contribution in [1.29, 1.82) is 0 Å². The Morgan fingerprint density at radius 3 is 2.50 bits per heavy atom. The highest BCUT2D eigenvalue weighted by molar-refractivity contribution is 7.89. The number of likely N-dealkylation sites (tertiary alicyclic amines) is 1. The van der Waals surface area contributed by atoms with Crippen molar-refractivity contribution in [3.05, 3.63) is 24.3 Å². The van der Waals surface area contributed by atoms with Crippen molar-refractivity contribution in [3.8, 4) is 0 Å². The number of carbonyl (C=O) groups is 1. The van der Waals surface area contributed by atoms with Crippen molar-refractivity contribution in [3.63, 3.8) is 0 Å². The lowest BCUT2D eigenvalue weighted by Crippen LogP contribution is -2.32. The predicted octanol–water partition coefficient (Wildman–Crippen LogP) is 0.580. The molecule has 0 spiro atoms. The van der Waals surface area contributed by atoms with Crippen LogP contribution >= 0.6 is 0 Å². The Morgan fingerprint density at radius 1 is 1.30 bits per heavy atom. The van der Waals surface area contributed by atoms with E-state index in [4.69, 9.17) is 0 Å². The van der Waals surface area contributed by atoms with Gasteiger partial charge in [0.15, 0.2) is 0 Å². The van der Waals surface area contributed by atoms with Crippen LogP contribution in [0.25, 0.3) is 0 Å². The Bertz CT molecular complexity index is 613. The molecule has 1 fully saturated rings. The average Bonchev–Trinajstić information content (AvgIpc) is 2.71. The molecule has 1 amide bonds. The molecule has 7 heteroatoms. The summed E-state index contributed by atoms with van der Waals surface area (Å²) < 4.78 is 25.7. The van der Waals surface area contributed by atoms with Crippen molar-refractivity contribution < 1.29 is 13.2 Å². The minimum atomic E-state index is -3.53. The van der Waals surface area contributed by atoms with Crippen LogP contribution in [0, 0.1) is 0 Å². The Morgan fingerprint density at radius 2 is 1.95 bits per heavy atom. The van der Waals surface area contributed by atoms with Gasteiger partial charge < -0.3 is 10.2 Å². The van der Waals surface area contributed by atoms with E-state index in [2.05, 4.69) is 5.32 Å². The van der Waals surface area contributed by atoms with Crippen LogP contribution in [0.3, 0.4) is 0 Å². The number of sulfonamides is 1. The van der Waals surface area contributed by atoms with E-state index in [1.807, 2.05) is 0 Å². The van der Waals surface area contributed by atoms with Crippen molar-refractivity contribution in [1.82, 2.24) is 9.21 Å². The number of nitrogens with zero attached hydrogens (tertiary/aromatic N) is 2. The van der Waals surface area contributed by atoms with Crippen LogP contribution < -0.4 is 5.32 Å². The molecule has 6 nitrogen and oxygen atoms in total. The number of benzene rings is 1. The second-order valence-corrected chi connectivity index (χ2v) is 7.15. The predicted molar refractivity (Wildman–Crippen MR) is 77.0 cm³/mol. The molecule has 0 aliphatic carbocycles. The molecule has 2 rings (SSSR count). The lowest BCUT2D eigenvalue weighted by atomic mass is 10.2. The highest BCUT2D eigenvalue weighted by Gasteiger charge is 2.30. The summed E-state index contributed by atoms with van der Waals surface area (Å²) >= 11 is 0. The number of carbonyl (C=O) groups excluding carboxylic acids is 1. The molecular weight excluding hydrogens is 278 g/mol. The molecule has 20 heavy (non-hydrogen) atoms. The number of anilines is 1. The number of hydrogen-bond donors (Lipinski definition) is 1. The molecule has 0 aromatic heterocycles. The van der Waals surface area contributed by atoms with Crippen LogP contribution in [-0.4, -0.2) is 57.3 Å². The second-order valence-electron chi connectivity index (χ2n) is 5.03. The fraction of sp³-hybridized carbons (Fsp3) is 0.462. The Balaban J connectivity index is 2.32. The molecule has 1 aliphatic rings. The molecule has 1 aromatic carbocycles. The van der Waals surface area contributed by atoms with Crippen LogP contribution in [0.1, 0.15) is 6.42 Å². The van der Waals surface area contributed by atoms with Gasteiger partial charge in [0, 0.05) is 27.7 Å². The Hall–Kier alpha value is -1.60. The van der Waals surface area contributed by atoms with E-state index < -0.39 is 10.0 Å². The number of rotatable bonds is 4. The summed E-state index contributed by atoms with van der Waals surface area (Å²) in [6, 6.07) is 6.28. The highest BCUT2D eigenvalue weighted by atomic mass is 32.2. The highest BCUT2D eigenvalue weighted by Crippen LogP contribution is 2.25. The van der Waals surface area contributed by atoms with E-state index in [0.717, 1.165) is 4.31 Å². The molecule has 110 valence electrons. The zero-order chi connectivity index (χ0) is 14.9. The van der Waals surface area contributed by atoms with E-state index >= 15 is 0 Å². The summed E-state index contributed by atoms with van der Waals surface area (Å²) in [6.07, 6.45) is 0.672. The number of para-hydroxylation sites is 1. The summed E-state index contributed by atoms with van der Waals surface area (Å²) in [5, 5.41) is 3.05. The van der Waals surface area contributed by atoms with Crippen LogP contribution in [0.2, 0.25) is 0 Å². The van der Waals surface area contributed by atoms with Gasteiger partial charge in [-0.15, -0.1) is 0 Å². The van der Waals surface area contributed by atoms with Gasteiger partial charge >= 0.3 is 0 Å². The molecule has 1 heterocycles. The zero-order valence-corrected chi connectivity index (χ0v) is 12.6. The zero-order valence-electron chi connectivity index (χ0n) is 11.8. The molecular formula is C13H19N3O3S. The first-order valence-corrected chi connectivity index (χ1v) is 7.81. The minimum absolute atomic E-state index is 0.0120. The van der Waals surface area contributed by atoms with Crippen LogP contribution in [-0.2, 0) is 14.8 Å². The van der Waals surface area contributed by atoms with Gasteiger partial charge in [-0.1, -0.05) is 12.1 Å². The Labute approximate surface area is 119 Å². The summed E-state index contributed by atoms with van der Waals surface area (Å²) in [6.45, 7) is 0.680. The first kappa shape index (κ1) is 14.8. The summed E-state index contributed by atoms with van der Waals surface area (Å²) in [4.78, 5) is 13.7. The second kappa shape index (κ2) is 5.41. The largest absolute Gasteiger partial charge is 0.373 e. The van der Waals surface area contributed by atoms with Gasteiger partial charge in [0.05, 0.1) is 5.69 Å². The summed E-state index contributed by atoms with van der Waals surface area (Å²) in [5.41, 5.74) is 0.467. The number of likely N-dealkylation sites (N-methyl/N-ethyl adjacent to an activating group) is 1. The first-order valence-electron chi connectivity index (χ1n) is 6.37. The molecule has 1 unspecified atom stereocenters. The molecule has 1 atom stereocenters. The maximum atomic E-state index is 12.3. The third kappa shape index (κ3) is 2.64. The molecule has 1 saturated heterocycles. The monoisotopic (exact) mass is 297 g/mol. The smallest absolute Gasteiger partial charge is 0.244 e. The van der Waals surface area contributed by atoms with Gasteiger partial charge in [-0.05, 0) is 18.6 Å². The van der Waals surface area contributed by atoms with Crippen molar-refractivity contribution >= 4 is 21.6 Å². The Kier molecular flexibility index (Phi) is 4.01. The minimum Gasteiger partial charge on any atom is -0.373 e. The SMILES string of the molecule is CN1CCC(Nc2ccccc2S(=O)(=O)N(C)C)C1=O. The van der Waals surface area contributed by atoms with E-state index in [-0.39, 0.29) is 16.8 Å². The third-order valence-electron chi connectivity index (χ3n) is 3.40. The van der Waals surface area contributed by atoms with Gasteiger partial charge in [-0.2, -0.15) is 0 Å². The quantitative estimate of drug-likeness (QED) is 0.882. The normalized spacial score (nSPS) is 19.7. The van der Waals surface area contributed by atoms with E-state index in [1.165, 1.54) is 14.1 Å². The molecule has 1 aromatic rings. The van der Waals surface area contributed by atoms with Crippen molar-refractivity contribution in [2.45, 2.75) is 17.4 Å². The average molecular weight is 297 g/mol. The van der Waals surface area contributed by atoms with E-state index in [9.17, 15) is 13.2 Å². The van der Waals surface area contributed by atoms with Gasteiger partial charge in [0.25, 0.3) is 0 Å². The lowest BCUT2D eigenvalue weighted by Gasteiger charge is -2.18. The van der Waals surface area contributed by atoms with Crippen molar-refractivity contribution in [2.75, 3.05) is 33.0 Å². The third-order valence-corrected chi connectivity index (χ3v) is 5.28. The van der Waals surface area contributed by atoms with E-state index in [0.29, 0.717) is 18.7 Å². The maximum Gasteiger partial charge on any atom is 0.244 e. The van der Waals surface area contributed by atoms with E-state index in [1.54, 1.807) is 36.2 Å². The van der Waals surface area contributed by atoms with Crippen LogP contribution in [0.15, 0.2) is 29.2 Å². The molecule has 0 saturated carbocycles. The van der Waals surface area contributed by atoms with Gasteiger partial charge in [-0.3, -0.25) is 4.79 Å². The molecule has 1 aliphatic heterocycles. The summed E-state index contributed by atoms with van der Waals surface area (Å²) in [5.74, 6) is -0.0120. The molecule has 0 radical (unpaired) electrons. The summed E-state index contributed by atoms with van der Waals surface area (Å²) in [7, 11) is 1.18. The van der Waals surface area contributed by atoms with Crippen LogP contribution in [0.4, 0.5) is 5.69 Å². The van der Waals surface area contributed by atoms with Crippen molar-refractivity contribution in [2.24, 2.45) is 0 Å².